The van der Waals surface area contributed by atoms with E-state index in [4.69, 9.17) is 4.74 Å². The molecule has 7 heteroatoms. The van der Waals surface area contributed by atoms with Crippen LogP contribution in [0.15, 0.2) is 54.6 Å². The quantitative estimate of drug-likeness (QED) is 0.683. The molecule has 1 fully saturated rings. The first kappa shape index (κ1) is 21.2. The molecule has 0 radical (unpaired) electrons. The van der Waals surface area contributed by atoms with Crippen LogP contribution in [0.25, 0.3) is 0 Å². The van der Waals surface area contributed by atoms with E-state index in [1.165, 1.54) is 6.42 Å². The molecule has 2 aromatic rings. The Labute approximate surface area is 173 Å². The van der Waals surface area contributed by atoms with E-state index in [-0.39, 0.29) is 18.5 Å². The molecule has 1 amide bonds. The number of ether oxygens (including phenoxy) is 1. The van der Waals surface area contributed by atoms with Crippen molar-refractivity contribution in [1.29, 1.82) is 0 Å². The Balaban J connectivity index is 1.85. The van der Waals surface area contributed by atoms with Gasteiger partial charge in [-0.25, -0.2) is 8.42 Å². The summed E-state index contributed by atoms with van der Waals surface area (Å²) >= 11 is 0. The number of carbonyl (C=O) groups excluding carboxylic acids is 1. The summed E-state index contributed by atoms with van der Waals surface area (Å²) in [6.07, 6.45) is 6.44. The van der Waals surface area contributed by atoms with Crippen LogP contribution >= 0.6 is 0 Å². The van der Waals surface area contributed by atoms with Gasteiger partial charge in [0.1, 0.15) is 12.3 Å². The number of nitrogens with zero attached hydrogens (tertiary/aromatic N) is 2. The summed E-state index contributed by atoms with van der Waals surface area (Å²) in [6.45, 7) is -0.249. The second kappa shape index (κ2) is 9.31. The van der Waals surface area contributed by atoms with Crippen LogP contribution in [0.2, 0.25) is 0 Å². The summed E-state index contributed by atoms with van der Waals surface area (Å²) in [4.78, 5) is 14.6. The Morgan fingerprint density at radius 3 is 2.28 bits per heavy atom. The zero-order valence-electron chi connectivity index (χ0n) is 17.0. The van der Waals surface area contributed by atoms with Crippen molar-refractivity contribution in [1.82, 2.24) is 4.90 Å². The maximum absolute atomic E-state index is 12.9. The van der Waals surface area contributed by atoms with Crippen molar-refractivity contribution in [3.05, 3.63) is 54.6 Å². The fourth-order valence-corrected chi connectivity index (χ4v) is 4.51. The number of hydrogen-bond acceptors (Lipinski definition) is 4. The van der Waals surface area contributed by atoms with Crippen LogP contribution in [0.4, 0.5) is 5.69 Å². The molecule has 0 atom stereocenters. The smallest absolute Gasteiger partial charge is 0.243 e. The fourth-order valence-electron chi connectivity index (χ4n) is 3.65. The Hall–Kier alpha value is -2.54. The number of para-hydroxylation sites is 3. The molecule has 0 aliphatic heterocycles. The van der Waals surface area contributed by atoms with Crippen molar-refractivity contribution in [3.63, 3.8) is 0 Å². The first-order valence-corrected chi connectivity index (χ1v) is 11.8. The van der Waals surface area contributed by atoms with E-state index in [2.05, 4.69) is 0 Å². The predicted molar refractivity (Wildman–Crippen MR) is 115 cm³/mol. The van der Waals surface area contributed by atoms with Crippen LogP contribution in [0.5, 0.6) is 11.5 Å². The van der Waals surface area contributed by atoms with E-state index in [0.29, 0.717) is 17.2 Å². The summed E-state index contributed by atoms with van der Waals surface area (Å²) in [6, 6.07) is 16.2. The minimum atomic E-state index is -3.69. The zero-order chi connectivity index (χ0) is 20.9. The number of anilines is 1. The third kappa shape index (κ3) is 5.50. The lowest BCUT2D eigenvalue weighted by atomic mass is 9.94. The third-order valence-corrected chi connectivity index (χ3v) is 6.43. The number of amides is 1. The molecule has 6 nitrogen and oxygen atoms in total. The van der Waals surface area contributed by atoms with Crippen molar-refractivity contribution in [2.45, 2.75) is 38.1 Å². The Bertz CT molecular complexity index is 925. The maximum atomic E-state index is 12.9. The van der Waals surface area contributed by atoms with Crippen molar-refractivity contribution >= 4 is 21.6 Å². The van der Waals surface area contributed by atoms with Crippen molar-refractivity contribution in [2.24, 2.45) is 0 Å². The second-order valence-electron chi connectivity index (χ2n) is 7.45. The largest absolute Gasteiger partial charge is 0.455 e. The van der Waals surface area contributed by atoms with E-state index < -0.39 is 10.0 Å². The molecule has 0 unspecified atom stereocenters. The minimum Gasteiger partial charge on any atom is -0.455 e. The van der Waals surface area contributed by atoms with Gasteiger partial charge in [0.15, 0.2) is 5.75 Å². The Morgan fingerprint density at radius 2 is 1.62 bits per heavy atom. The normalized spacial score (nSPS) is 15.0. The molecule has 2 aromatic carbocycles. The molecule has 3 rings (SSSR count). The SMILES string of the molecule is CN(C(=O)CN(c1ccccc1Oc1ccccc1)S(C)(=O)=O)C1CCCCC1. The molecular weight excluding hydrogens is 388 g/mol. The van der Waals surface area contributed by atoms with E-state index in [9.17, 15) is 13.2 Å². The molecule has 1 aliphatic carbocycles. The standard InChI is InChI=1S/C22H28N2O4S/c1-23(18-11-5-3-6-12-18)22(25)17-24(29(2,26)27)20-15-9-10-16-21(20)28-19-13-7-4-8-14-19/h4,7-10,13-16,18H,3,5-6,11-12,17H2,1-2H3. The number of rotatable bonds is 7. The van der Waals surface area contributed by atoms with Gasteiger partial charge in [-0.2, -0.15) is 0 Å². The lowest BCUT2D eigenvalue weighted by Gasteiger charge is -2.33. The van der Waals surface area contributed by atoms with Gasteiger partial charge in [-0.15, -0.1) is 0 Å². The highest BCUT2D eigenvalue weighted by Crippen LogP contribution is 2.33. The van der Waals surface area contributed by atoms with Gasteiger partial charge in [0.2, 0.25) is 15.9 Å². The van der Waals surface area contributed by atoms with Crippen LogP contribution in [-0.4, -0.2) is 45.1 Å². The van der Waals surface area contributed by atoms with Gasteiger partial charge in [-0.05, 0) is 37.1 Å². The molecular formula is C22H28N2O4S. The van der Waals surface area contributed by atoms with E-state index in [1.807, 2.05) is 18.2 Å². The van der Waals surface area contributed by atoms with Crippen LogP contribution in [0, 0.1) is 0 Å². The van der Waals surface area contributed by atoms with Gasteiger partial charge in [0.05, 0.1) is 11.9 Å². The van der Waals surface area contributed by atoms with E-state index >= 15 is 0 Å². The molecule has 1 saturated carbocycles. The average molecular weight is 417 g/mol. The third-order valence-electron chi connectivity index (χ3n) is 5.30. The van der Waals surface area contributed by atoms with Gasteiger partial charge >= 0.3 is 0 Å². The summed E-state index contributed by atoms with van der Waals surface area (Å²) in [5, 5.41) is 0. The molecule has 29 heavy (non-hydrogen) atoms. The number of likely N-dealkylation sites (N-methyl/N-ethyl adjacent to an activating group) is 1. The highest BCUT2D eigenvalue weighted by atomic mass is 32.2. The van der Waals surface area contributed by atoms with Crippen LogP contribution in [0.3, 0.4) is 0 Å². The van der Waals surface area contributed by atoms with Crippen molar-refractivity contribution in [3.8, 4) is 11.5 Å². The molecule has 1 aliphatic rings. The van der Waals surface area contributed by atoms with E-state index in [1.54, 1.807) is 48.3 Å². The van der Waals surface area contributed by atoms with Gasteiger partial charge in [-0.1, -0.05) is 49.6 Å². The highest BCUT2D eigenvalue weighted by Gasteiger charge is 2.28. The molecule has 156 valence electrons. The summed E-state index contributed by atoms with van der Waals surface area (Å²) in [5.41, 5.74) is 0.351. The lowest BCUT2D eigenvalue weighted by Crippen LogP contribution is -2.45. The number of hydrogen-bond donors (Lipinski definition) is 0. The van der Waals surface area contributed by atoms with Crippen LogP contribution < -0.4 is 9.04 Å². The Kier molecular flexibility index (Phi) is 6.79. The summed E-state index contributed by atoms with van der Waals surface area (Å²) in [5.74, 6) is 0.771. The first-order chi connectivity index (χ1) is 13.9. The monoisotopic (exact) mass is 416 g/mol. The molecule has 0 aromatic heterocycles. The minimum absolute atomic E-state index is 0.175. The predicted octanol–water partition coefficient (Wildman–Crippen LogP) is 4.04. The topological polar surface area (TPSA) is 66.9 Å². The Morgan fingerprint density at radius 1 is 1.00 bits per heavy atom. The molecule has 0 N–H and O–H groups in total. The zero-order valence-corrected chi connectivity index (χ0v) is 17.8. The van der Waals surface area contributed by atoms with E-state index in [0.717, 1.165) is 36.2 Å². The van der Waals surface area contributed by atoms with Crippen LogP contribution in [0.1, 0.15) is 32.1 Å². The van der Waals surface area contributed by atoms with Gasteiger partial charge in [0.25, 0.3) is 0 Å². The molecule has 0 heterocycles. The van der Waals surface area contributed by atoms with Crippen molar-refractivity contribution in [2.75, 3.05) is 24.2 Å². The molecule has 0 saturated heterocycles. The number of carbonyl (C=O) groups is 1. The highest BCUT2D eigenvalue weighted by molar-refractivity contribution is 7.92. The number of sulfonamides is 1. The van der Waals surface area contributed by atoms with Crippen LogP contribution in [-0.2, 0) is 14.8 Å². The fraction of sp³-hybridized carbons (Fsp3) is 0.409. The summed E-state index contributed by atoms with van der Waals surface area (Å²) < 4.78 is 32.2. The lowest BCUT2D eigenvalue weighted by molar-refractivity contribution is -0.130. The molecule has 0 spiro atoms. The van der Waals surface area contributed by atoms with Crippen molar-refractivity contribution < 1.29 is 17.9 Å². The summed E-state index contributed by atoms with van der Waals surface area (Å²) in [7, 11) is -1.92. The second-order valence-corrected chi connectivity index (χ2v) is 9.36. The van der Waals surface area contributed by atoms with Gasteiger partial charge in [-0.3, -0.25) is 9.10 Å². The average Bonchev–Trinajstić information content (AvgIpc) is 2.72. The number of benzene rings is 2. The van der Waals surface area contributed by atoms with Gasteiger partial charge in [0, 0.05) is 13.1 Å². The van der Waals surface area contributed by atoms with Gasteiger partial charge < -0.3 is 9.64 Å². The molecule has 0 bridgehead atoms. The first-order valence-electron chi connectivity index (χ1n) is 9.91. The maximum Gasteiger partial charge on any atom is 0.243 e.